The minimum Gasteiger partial charge on any atom is -0.497 e. The smallest absolute Gasteiger partial charge is 0.252 e. The first-order chi connectivity index (χ1) is 14.6. The number of ether oxygens (including phenoxy) is 1. The molecule has 5 nitrogen and oxygen atoms in total. The molecule has 2 aromatic rings. The zero-order chi connectivity index (χ0) is 21.1. The van der Waals surface area contributed by atoms with E-state index < -0.39 is 0 Å². The predicted octanol–water partition coefficient (Wildman–Crippen LogP) is 4.78. The molecule has 0 unspecified atom stereocenters. The Morgan fingerprint density at radius 3 is 2.60 bits per heavy atom. The van der Waals surface area contributed by atoms with Crippen molar-refractivity contribution in [2.45, 2.75) is 70.6 Å². The van der Waals surface area contributed by atoms with Crippen LogP contribution in [0.25, 0.3) is 10.9 Å². The van der Waals surface area contributed by atoms with Crippen molar-refractivity contribution >= 4 is 16.8 Å². The first kappa shape index (κ1) is 21.0. The van der Waals surface area contributed by atoms with Gasteiger partial charge in [-0.2, -0.15) is 0 Å². The van der Waals surface area contributed by atoms with Crippen LogP contribution in [0.2, 0.25) is 0 Å². The van der Waals surface area contributed by atoms with Gasteiger partial charge in [-0.05, 0) is 61.6 Å². The third-order valence-corrected chi connectivity index (χ3v) is 6.73. The van der Waals surface area contributed by atoms with Crippen molar-refractivity contribution in [2.24, 2.45) is 5.92 Å². The first-order valence-corrected chi connectivity index (χ1v) is 11.6. The molecule has 2 aliphatic carbocycles. The summed E-state index contributed by atoms with van der Waals surface area (Å²) >= 11 is 0. The zero-order valence-electron chi connectivity index (χ0n) is 18.3. The number of aromatic amines is 1. The Balaban J connectivity index is 1.75. The number of nitrogens with zero attached hydrogens (tertiary/aromatic N) is 1. The molecule has 0 radical (unpaired) electrons. The molecule has 0 spiro atoms. The largest absolute Gasteiger partial charge is 0.497 e. The van der Waals surface area contributed by atoms with Crippen LogP contribution in [0.15, 0.2) is 23.0 Å². The minimum absolute atomic E-state index is 0.0327. The number of rotatable bonds is 8. The molecule has 1 N–H and O–H groups in total. The highest BCUT2D eigenvalue weighted by molar-refractivity contribution is 5.90. The van der Waals surface area contributed by atoms with Crippen molar-refractivity contribution in [3.63, 3.8) is 0 Å². The molecule has 0 atom stereocenters. The number of pyridine rings is 1. The van der Waals surface area contributed by atoms with Gasteiger partial charge in [0.2, 0.25) is 5.91 Å². The highest BCUT2D eigenvalue weighted by atomic mass is 16.5. The number of methoxy groups -OCH3 is 1. The summed E-state index contributed by atoms with van der Waals surface area (Å²) in [6.45, 7) is 3.78. The molecule has 2 fully saturated rings. The SMILES string of the molecule is CCCN(CC1CC1)C(=O)Cc1c(C2CCCCC2)c(=O)[nH]c2cc(OC)ccc12. The van der Waals surface area contributed by atoms with Gasteiger partial charge in [0, 0.05) is 30.1 Å². The van der Waals surface area contributed by atoms with Crippen LogP contribution in [0.3, 0.4) is 0 Å². The molecule has 2 aliphatic rings. The van der Waals surface area contributed by atoms with E-state index in [1.54, 1.807) is 7.11 Å². The van der Waals surface area contributed by atoms with Crippen LogP contribution in [0.1, 0.15) is 75.3 Å². The van der Waals surface area contributed by atoms with Gasteiger partial charge >= 0.3 is 0 Å². The summed E-state index contributed by atoms with van der Waals surface area (Å²) in [6.07, 6.45) is 9.34. The molecule has 1 heterocycles. The molecular formula is C25H34N2O3. The molecule has 1 aromatic heterocycles. The fraction of sp³-hybridized carbons (Fsp3) is 0.600. The van der Waals surface area contributed by atoms with Gasteiger partial charge in [0.05, 0.1) is 19.0 Å². The Hall–Kier alpha value is -2.30. The molecule has 1 amide bonds. The van der Waals surface area contributed by atoms with Gasteiger partial charge in [0.1, 0.15) is 5.75 Å². The number of aromatic nitrogens is 1. The Bertz CT molecular complexity index is 955. The Kier molecular flexibility index (Phi) is 6.45. The van der Waals surface area contributed by atoms with Crippen LogP contribution in [-0.4, -0.2) is 36.0 Å². The third kappa shape index (κ3) is 4.55. The molecule has 5 heteroatoms. The van der Waals surface area contributed by atoms with E-state index in [4.69, 9.17) is 4.74 Å². The van der Waals surface area contributed by atoms with Crippen molar-refractivity contribution in [1.29, 1.82) is 0 Å². The number of carbonyl (C=O) groups is 1. The van der Waals surface area contributed by atoms with Crippen LogP contribution in [0, 0.1) is 5.92 Å². The van der Waals surface area contributed by atoms with E-state index in [1.165, 1.54) is 19.3 Å². The number of benzene rings is 1. The summed E-state index contributed by atoms with van der Waals surface area (Å²) in [7, 11) is 1.63. The maximum Gasteiger partial charge on any atom is 0.252 e. The molecule has 0 saturated heterocycles. The van der Waals surface area contributed by atoms with Crippen molar-refractivity contribution in [2.75, 3.05) is 20.2 Å². The average Bonchev–Trinajstić information content (AvgIpc) is 3.57. The van der Waals surface area contributed by atoms with Gasteiger partial charge in [-0.3, -0.25) is 9.59 Å². The van der Waals surface area contributed by atoms with Gasteiger partial charge < -0.3 is 14.6 Å². The number of carbonyl (C=O) groups excluding carboxylic acids is 1. The monoisotopic (exact) mass is 410 g/mol. The third-order valence-electron chi connectivity index (χ3n) is 6.73. The predicted molar refractivity (Wildman–Crippen MR) is 120 cm³/mol. The van der Waals surface area contributed by atoms with E-state index >= 15 is 0 Å². The van der Waals surface area contributed by atoms with Gasteiger partial charge in [-0.25, -0.2) is 0 Å². The van der Waals surface area contributed by atoms with E-state index in [0.717, 1.165) is 67.2 Å². The maximum absolute atomic E-state index is 13.4. The van der Waals surface area contributed by atoms with Crippen LogP contribution >= 0.6 is 0 Å². The van der Waals surface area contributed by atoms with Crippen molar-refractivity contribution in [1.82, 2.24) is 9.88 Å². The number of hydrogen-bond acceptors (Lipinski definition) is 3. The number of amides is 1. The van der Waals surface area contributed by atoms with Crippen molar-refractivity contribution in [3.8, 4) is 5.75 Å². The Morgan fingerprint density at radius 1 is 1.17 bits per heavy atom. The molecule has 2 saturated carbocycles. The molecule has 0 bridgehead atoms. The summed E-state index contributed by atoms with van der Waals surface area (Å²) < 4.78 is 5.35. The number of hydrogen-bond donors (Lipinski definition) is 1. The number of fused-ring (bicyclic) bond motifs is 1. The summed E-state index contributed by atoms with van der Waals surface area (Å²) in [5.41, 5.74) is 2.51. The second-order valence-electron chi connectivity index (χ2n) is 9.05. The first-order valence-electron chi connectivity index (χ1n) is 11.6. The van der Waals surface area contributed by atoms with E-state index in [0.29, 0.717) is 18.1 Å². The van der Waals surface area contributed by atoms with Gasteiger partial charge in [-0.1, -0.05) is 26.2 Å². The molecule has 4 rings (SSSR count). The second-order valence-corrected chi connectivity index (χ2v) is 9.05. The van der Waals surface area contributed by atoms with Crippen LogP contribution in [0.5, 0.6) is 5.75 Å². The van der Waals surface area contributed by atoms with Gasteiger partial charge in [0.25, 0.3) is 5.56 Å². The van der Waals surface area contributed by atoms with E-state index in [1.807, 2.05) is 23.1 Å². The van der Waals surface area contributed by atoms with E-state index in [2.05, 4.69) is 11.9 Å². The number of nitrogens with one attached hydrogen (secondary N) is 1. The summed E-state index contributed by atoms with van der Waals surface area (Å²) in [5, 5.41) is 0.979. The lowest BCUT2D eigenvalue weighted by molar-refractivity contribution is -0.130. The fourth-order valence-corrected chi connectivity index (χ4v) is 4.97. The second kappa shape index (κ2) is 9.23. The van der Waals surface area contributed by atoms with Crippen LogP contribution in [-0.2, 0) is 11.2 Å². The van der Waals surface area contributed by atoms with Crippen molar-refractivity contribution < 1.29 is 9.53 Å². The molecular weight excluding hydrogens is 376 g/mol. The standard InChI is InChI=1S/C25H34N2O3/c1-3-13-27(16-17-9-10-17)23(28)15-21-20-12-11-19(30-2)14-22(20)26-25(29)24(21)18-7-5-4-6-8-18/h11-12,14,17-18H,3-10,13,15-16H2,1-2H3,(H,26,29). The lowest BCUT2D eigenvalue weighted by atomic mass is 9.81. The van der Waals surface area contributed by atoms with E-state index in [-0.39, 0.29) is 17.4 Å². The summed E-state index contributed by atoms with van der Waals surface area (Å²) in [5.74, 6) is 1.78. The lowest BCUT2D eigenvalue weighted by Crippen LogP contribution is -2.35. The maximum atomic E-state index is 13.4. The average molecular weight is 411 g/mol. The van der Waals surface area contributed by atoms with Crippen LogP contribution < -0.4 is 10.3 Å². The van der Waals surface area contributed by atoms with Gasteiger partial charge in [-0.15, -0.1) is 0 Å². The summed E-state index contributed by atoms with van der Waals surface area (Å²) in [4.78, 5) is 31.7. The van der Waals surface area contributed by atoms with Crippen LogP contribution in [0.4, 0.5) is 0 Å². The Morgan fingerprint density at radius 2 is 1.93 bits per heavy atom. The number of H-pyrrole nitrogens is 1. The van der Waals surface area contributed by atoms with Gasteiger partial charge in [0.15, 0.2) is 0 Å². The highest BCUT2D eigenvalue weighted by Gasteiger charge is 2.29. The molecule has 30 heavy (non-hydrogen) atoms. The van der Waals surface area contributed by atoms with E-state index in [9.17, 15) is 9.59 Å². The zero-order valence-corrected chi connectivity index (χ0v) is 18.3. The quantitative estimate of drug-likeness (QED) is 0.681. The molecule has 0 aliphatic heterocycles. The van der Waals surface area contributed by atoms with Crippen molar-refractivity contribution in [3.05, 3.63) is 39.7 Å². The molecule has 162 valence electrons. The minimum atomic E-state index is -0.0327. The topological polar surface area (TPSA) is 62.4 Å². The summed E-state index contributed by atoms with van der Waals surface area (Å²) in [6, 6.07) is 5.79. The fourth-order valence-electron chi connectivity index (χ4n) is 4.97. The molecule has 1 aromatic carbocycles. The Labute approximate surface area is 178 Å². The normalized spacial score (nSPS) is 17.3. The highest BCUT2D eigenvalue weighted by Crippen LogP contribution is 2.36. The lowest BCUT2D eigenvalue weighted by Gasteiger charge is -2.26.